The molecule has 0 aromatic heterocycles. The molecule has 1 heterocycles. The molecule has 2 rings (SSSR count). The number of aromatic hydroxyl groups is 1. The van der Waals surface area contributed by atoms with Crippen molar-refractivity contribution < 1.29 is 9.84 Å². The number of hydrogen-bond acceptors (Lipinski definition) is 4. The number of nitrogen functional groups attached to an aromatic ring is 1. The van der Waals surface area contributed by atoms with Gasteiger partial charge in [0.15, 0.2) is 0 Å². The van der Waals surface area contributed by atoms with Crippen molar-refractivity contribution in [1.82, 2.24) is 0 Å². The predicted octanol–water partition coefficient (Wildman–Crippen LogP) is 2.39. The minimum absolute atomic E-state index is 0.313. The Morgan fingerprint density at radius 3 is 3.06 bits per heavy atom. The van der Waals surface area contributed by atoms with Crippen molar-refractivity contribution >= 4 is 17.4 Å². The van der Waals surface area contributed by atoms with E-state index >= 15 is 0 Å². The summed E-state index contributed by atoms with van der Waals surface area (Å²) in [7, 11) is 0. The average Bonchev–Trinajstić information content (AvgIpc) is 2.66. The number of ether oxygens (including phenoxy) is 1. The Labute approximate surface area is 100.0 Å². The molecule has 0 amide bonds. The minimum Gasteiger partial charge on any atom is -0.508 e. The van der Waals surface area contributed by atoms with Gasteiger partial charge in [0, 0.05) is 28.9 Å². The second-order valence-electron chi connectivity index (χ2n) is 4.10. The third kappa shape index (κ3) is 2.62. The van der Waals surface area contributed by atoms with Crippen LogP contribution in [0, 0.1) is 0 Å². The number of thioether (sulfide) groups is 1. The number of anilines is 1. The van der Waals surface area contributed by atoms with E-state index in [1.54, 1.807) is 12.1 Å². The van der Waals surface area contributed by atoms with Crippen molar-refractivity contribution in [2.75, 3.05) is 12.3 Å². The molecule has 1 aliphatic rings. The van der Waals surface area contributed by atoms with Gasteiger partial charge in [-0.1, -0.05) is 0 Å². The van der Waals surface area contributed by atoms with Gasteiger partial charge in [-0.2, -0.15) is 11.8 Å². The first-order valence-corrected chi connectivity index (χ1v) is 6.52. The van der Waals surface area contributed by atoms with E-state index < -0.39 is 0 Å². The van der Waals surface area contributed by atoms with Gasteiger partial charge in [-0.15, -0.1) is 0 Å². The van der Waals surface area contributed by atoms with Crippen LogP contribution in [-0.4, -0.2) is 23.1 Å². The van der Waals surface area contributed by atoms with Gasteiger partial charge in [-0.05, 0) is 31.5 Å². The maximum atomic E-state index is 9.67. The molecule has 1 aromatic carbocycles. The highest BCUT2D eigenvalue weighted by atomic mass is 32.2. The Hall–Kier alpha value is -0.870. The van der Waals surface area contributed by atoms with E-state index in [9.17, 15) is 5.11 Å². The number of rotatable bonds is 3. The summed E-state index contributed by atoms with van der Waals surface area (Å²) in [6.07, 6.45) is 1.41. The first-order chi connectivity index (χ1) is 7.66. The fourth-order valence-corrected chi connectivity index (χ4v) is 3.09. The molecule has 16 heavy (non-hydrogen) atoms. The summed E-state index contributed by atoms with van der Waals surface area (Å²) in [6, 6.07) is 5.20. The molecule has 1 fully saturated rings. The van der Waals surface area contributed by atoms with Crippen LogP contribution in [0.2, 0.25) is 0 Å². The van der Waals surface area contributed by atoms with Crippen LogP contribution in [0.15, 0.2) is 18.2 Å². The van der Waals surface area contributed by atoms with Crippen molar-refractivity contribution in [2.24, 2.45) is 0 Å². The van der Waals surface area contributed by atoms with Crippen LogP contribution in [0.1, 0.15) is 18.9 Å². The molecule has 0 spiro atoms. The SMILES string of the molecule is CC1OCCC1SCc1cc(N)ccc1O. The number of phenols is 1. The quantitative estimate of drug-likeness (QED) is 0.628. The number of nitrogens with two attached hydrogens (primary N) is 1. The molecule has 88 valence electrons. The normalized spacial score (nSPS) is 24.8. The Morgan fingerprint density at radius 1 is 1.56 bits per heavy atom. The standard InChI is InChI=1S/C12H17NO2S/c1-8-12(4-5-15-8)16-7-9-6-10(13)2-3-11(9)14/h2-3,6,8,12,14H,4-5,7,13H2,1H3. The summed E-state index contributed by atoms with van der Waals surface area (Å²) in [5.74, 6) is 1.11. The largest absolute Gasteiger partial charge is 0.508 e. The summed E-state index contributed by atoms with van der Waals surface area (Å²) >= 11 is 1.83. The van der Waals surface area contributed by atoms with E-state index in [4.69, 9.17) is 10.5 Å². The molecule has 4 heteroatoms. The maximum absolute atomic E-state index is 9.67. The first-order valence-electron chi connectivity index (χ1n) is 5.47. The monoisotopic (exact) mass is 239 g/mol. The third-order valence-electron chi connectivity index (χ3n) is 2.86. The first kappa shape index (κ1) is 11.6. The molecule has 0 bridgehead atoms. The summed E-state index contributed by atoms with van der Waals surface area (Å²) in [5, 5.41) is 10.2. The molecule has 2 unspecified atom stereocenters. The molecule has 3 N–H and O–H groups in total. The summed E-state index contributed by atoms with van der Waals surface area (Å²) in [6.45, 7) is 2.95. The second kappa shape index (κ2) is 4.97. The van der Waals surface area contributed by atoms with Crippen molar-refractivity contribution in [2.45, 2.75) is 30.5 Å². The smallest absolute Gasteiger partial charge is 0.119 e. The van der Waals surface area contributed by atoms with Gasteiger partial charge >= 0.3 is 0 Å². The van der Waals surface area contributed by atoms with Gasteiger partial charge in [0.1, 0.15) is 5.75 Å². The zero-order valence-corrected chi connectivity index (χ0v) is 10.2. The Bertz CT molecular complexity index is 370. The van der Waals surface area contributed by atoms with Crippen LogP contribution in [0.25, 0.3) is 0 Å². The van der Waals surface area contributed by atoms with Gasteiger partial charge in [0.2, 0.25) is 0 Å². The molecule has 1 aliphatic heterocycles. The molecule has 0 aliphatic carbocycles. The van der Waals surface area contributed by atoms with Crippen LogP contribution in [0.3, 0.4) is 0 Å². The van der Waals surface area contributed by atoms with Crippen molar-refractivity contribution in [1.29, 1.82) is 0 Å². The zero-order valence-electron chi connectivity index (χ0n) is 9.35. The fourth-order valence-electron chi connectivity index (χ4n) is 1.85. The summed E-state index contributed by atoms with van der Waals surface area (Å²) in [5.41, 5.74) is 7.30. The fraction of sp³-hybridized carbons (Fsp3) is 0.500. The third-order valence-corrected chi connectivity index (χ3v) is 4.39. The lowest BCUT2D eigenvalue weighted by molar-refractivity contribution is 0.127. The van der Waals surface area contributed by atoms with Crippen LogP contribution in [0.5, 0.6) is 5.75 Å². The number of phenolic OH excluding ortho intramolecular Hbond substituents is 1. The van der Waals surface area contributed by atoms with Crippen molar-refractivity contribution in [3.63, 3.8) is 0 Å². The molecule has 2 atom stereocenters. The molecule has 0 radical (unpaired) electrons. The van der Waals surface area contributed by atoms with E-state index in [0.717, 1.165) is 24.3 Å². The van der Waals surface area contributed by atoms with Crippen molar-refractivity contribution in [3.05, 3.63) is 23.8 Å². The molecule has 1 aromatic rings. The lowest BCUT2D eigenvalue weighted by Crippen LogP contribution is -2.13. The van der Waals surface area contributed by atoms with Crippen LogP contribution in [0.4, 0.5) is 5.69 Å². The molecular formula is C12H17NO2S. The summed E-state index contributed by atoms with van der Waals surface area (Å²) < 4.78 is 5.50. The minimum atomic E-state index is 0.313. The highest BCUT2D eigenvalue weighted by Gasteiger charge is 2.24. The highest BCUT2D eigenvalue weighted by molar-refractivity contribution is 7.99. The van der Waals surface area contributed by atoms with Gasteiger partial charge in [0.25, 0.3) is 0 Å². The van der Waals surface area contributed by atoms with Crippen LogP contribution >= 0.6 is 11.8 Å². The van der Waals surface area contributed by atoms with Gasteiger partial charge in [-0.3, -0.25) is 0 Å². The van der Waals surface area contributed by atoms with Gasteiger partial charge in [0.05, 0.1) is 6.10 Å². The molecule has 3 nitrogen and oxygen atoms in total. The summed E-state index contributed by atoms with van der Waals surface area (Å²) in [4.78, 5) is 0. The lowest BCUT2D eigenvalue weighted by Gasteiger charge is -2.14. The van der Waals surface area contributed by atoms with Crippen molar-refractivity contribution in [3.8, 4) is 5.75 Å². The van der Waals surface area contributed by atoms with Gasteiger partial charge < -0.3 is 15.6 Å². The van der Waals surface area contributed by atoms with Crippen LogP contribution in [-0.2, 0) is 10.5 Å². The van der Waals surface area contributed by atoms with E-state index in [1.807, 2.05) is 17.8 Å². The van der Waals surface area contributed by atoms with Crippen LogP contribution < -0.4 is 5.73 Å². The zero-order chi connectivity index (χ0) is 11.5. The average molecular weight is 239 g/mol. The number of benzene rings is 1. The Kier molecular flexibility index (Phi) is 3.61. The van der Waals surface area contributed by atoms with E-state index in [1.165, 1.54) is 0 Å². The number of hydrogen-bond donors (Lipinski definition) is 2. The Balaban J connectivity index is 1.96. The molecular weight excluding hydrogens is 222 g/mol. The van der Waals surface area contributed by atoms with E-state index in [0.29, 0.717) is 22.8 Å². The Morgan fingerprint density at radius 2 is 2.38 bits per heavy atom. The highest BCUT2D eigenvalue weighted by Crippen LogP contribution is 2.32. The maximum Gasteiger partial charge on any atom is 0.119 e. The lowest BCUT2D eigenvalue weighted by atomic mass is 10.2. The van der Waals surface area contributed by atoms with E-state index in [2.05, 4.69) is 6.92 Å². The molecule has 1 saturated heterocycles. The second-order valence-corrected chi connectivity index (χ2v) is 5.33. The topological polar surface area (TPSA) is 55.5 Å². The van der Waals surface area contributed by atoms with Gasteiger partial charge in [-0.25, -0.2) is 0 Å². The van der Waals surface area contributed by atoms with E-state index in [-0.39, 0.29) is 0 Å². The molecule has 0 saturated carbocycles. The predicted molar refractivity (Wildman–Crippen MR) is 67.6 cm³/mol.